The molecule has 3 heterocycles. The monoisotopic (exact) mass is 561 g/mol. The first kappa shape index (κ1) is 27.4. The van der Waals surface area contributed by atoms with Crippen molar-refractivity contribution in [3.63, 3.8) is 0 Å². The van der Waals surface area contributed by atoms with Crippen LogP contribution in [0.1, 0.15) is 59.8 Å². The molecule has 0 spiro atoms. The van der Waals surface area contributed by atoms with E-state index < -0.39 is 5.79 Å². The number of piperidine rings is 1. The van der Waals surface area contributed by atoms with Crippen molar-refractivity contribution >= 4 is 29.3 Å². The van der Waals surface area contributed by atoms with Crippen LogP contribution < -0.4 is 20.3 Å². The van der Waals surface area contributed by atoms with E-state index in [2.05, 4.69) is 15.2 Å². The summed E-state index contributed by atoms with van der Waals surface area (Å²) in [6, 6.07) is 4.14. The molecule has 1 aromatic heterocycles. The van der Waals surface area contributed by atoms with Gasteiger partial charge >= 0.3 is 0 Å². The van der Waals surface area contributed by atoms with E-state index in [1.54, 1.807) is 13.2 Å². The first-order valence-corrected chi connectivity index (χ1v) is 14.8. The molecule has 3 aliphatic rings. The molecule has 0 unspecified atom stereocenters. The summed E-state index contributed by atoms with van der Waals surface area (Å²) < 4.78 is 18.3. The first-order chi connectivity index (χ1) is 18.1. The number of amides is 1. The number of nitrogens with one attached hydrogen (secondary N) is 2. The third kappa shape index (κ3) is 5.06. The molecule has 5 rings (SSSR count). The van der Waals surface area contributed by atoms with E-state index in [1.807, 2.05) is 33.1 Å². The molecule has 2 fully saturated rings. The van der Waals surface area contributed by atoms with Gasteiger partial charge in [-0.15, -0.1) is 11.8 Å². The van der Waals surface area contributed by atoms with Gasteiger partial charge in [-0.25, -0.2) is 0 Å². The van der Waals surface area contributed by atoms with E-state index in [9.17, 15) is 9.59 Å². The molecule has 1 amide bonds. The minimum Gasteiger partial charge on any atom is -0.448 e. The number of likely N-dealkylation sites (tertiary alicyclic amines) is 1. The van der Waals surface area contributed by atoms with Gasteiger partial charge in [0.1, 0.15) is 0 Å². The van der Waals surface area contributed by atoms with Crippen LogP contribution >= 0.6 is 23.4 Å². The highest BCUT2D eigenvalue weighted by molar-refractivity contribution is 7.98. The summed E-state index contributed by atoms with van der Waals surface area (Å²) in [6.07, 6.45) is 6.44. The lowest BCUT2D eigenvalue weighted by Gasteiger charge is -2.46. The minimum absolute atomic E-state index is 0.110. The minimum atomic E-state index is -0.838. The Bertz CT molecular complexity index is 1290. The summed E-state index contributed by atoms with van der Waals surface area (Å²) in [4.78, 5) is 31.9. The van der Waals surface area contributed by atoms with Crippen LogP contribution in [-0.4, -0.2) is 60.2 Å². The van der Waals surface area contributed by atoms with E-state index in [1.165, 1.54) is 11.8 Å². The normalized spacial score (nSPS) is 25.3. The number of thioether (sulfide) groups is 1. The number of methoxy groups -OCH3 is 1. The molecular weight excluding hydrogens is 526 g/mol. The summed E-state index contributed by atoms with van der Waals surface area (Å²) in [6.45, 7) is 7.77. The highest BCUT2D eigenvalue weighted by atomic mass is 35.5. The zero-order valence-corrected chi connectivity index (χ0v) is 24.2. The lowest BCUT2D eigenvalue weighted by Crippen LogP contribution is -2.54. The number of H-pyrrole nitrogens is 1. The van der Waals surface area contributed by atoms with Gasteiger partial charge in [-0.3, -0.25) is 9.59 Å². The van der Waals surface area contributed by atoms with Crippen molar-refractivity contribution < 1.29 is 19.0 Å². The molecule has 8 nitrogen and oxygen atoms in total. The van der Waals surface area contributed by atoms with Gasteiger partial charge < -0.3 is 29.4 Å². The van der Waals surface area contributed by atoms with Crippen LogP contribution in [0.3, 0.4) is 0 Å². The van der Waals surface area contributed by atoms with Crippen molar-refractivity contribution in [1.82, 2.24) is 15.2 Å². The maximum Gasteiger partial charge on any atom is 0.254 e. The Morgan fingerprint density at radius 1 is 1.24 bits per heavy atom. The van der Waals surface area contributed by atoms with E-state index in [0.717, 1.165) is 49.4 Å². The number of carbonyl (C=O) groups is 1. The zero-order valence-electron chi connectivity index (χ0n) is 22.6. The third-order valence-electron chi connectivity index (χ3n) is 8.36. The summed E-state index contributed by atoms with van der Waals surface area (Å²) in [5.74, 6) is 0.0597. The number of hydrogen-bond donors (Lipinski definition) is 2. The van der Waals surface area contributed by atoms with E-state index in [4.69, 9.17) is 25.8 Å². The number of aryl methyl sites for hydroxylation is 1. The van der Waals surface area contributed by atoms with Crippen LogP contribution in [0.4, 0.5) is 0 Å². The van der Waals surface area contributed by atoms with Gasteiger partial charge in [0.05, 0.1) is 11.1 Å². The Kier molecular flexibility index (Phi) is 7.75. The number of nitrogens with zero attached hydrogens (tertiary/aromatic N) is 1. The molecule has 2 aromatic rings. The van der Waals surface area contributed by atoms with Crippen LogP contribution in [0.5, 0.6) is 11.5 Å². The summed E-state index contributed by atoms with van der Waals surface area (Å²) in [5, 5.41) is 3.23. The predicted molar refractivity (Wildman–Crippen MR) is 149 cm³/mol. The Morgan fingerprint density at radius 3 is 2.58 bits per heavy atom. The molecule has 1 saturated heterocycles. The number of aromatic amines is 1. The number of carbonyl (C=O) groups excluding carboxylic acids is 1. The summed E-state index contributed by atoms with van der Waals surface area (Å²) >= 11 is 8.10. The van der Waals surface area contributed by atoms with Gasteiger partial charge in [-0.05, 0) is 71.0 Å². The van der Waals surface area contributed by atoms with E-state index in [-0.39, 0.29) is 23.9 Å². The standard InChI is InChI=1S/C28H36ClN3O5S/c1-15-10-23(38-5)21(27(34)31-15)14-30-26(33)20-13-22(29)25-24(16(20)2)36-28(3,37-25)17-6-8-32(9-7-17)18-11-19(12-18)35-4/h10,13,17-19H,6-9,11-12,14H2,1-5H3,(H,30,33)(H,31,34)/t18-,19+,28-/m0/s1. The van der Waals surface area contributed by atoms with Gasteiger partial charge in [0, 0.05) is 59.8 Å². The number of aromatic nitrogens is 1. The fraction of sp³-hybridized carbons (Fsp3) is 0.571. The van der Waals surface area contributed by atoms with Crippen molar-refractivity contribution in [2.75, 3.05) is 26.5 Å². The average Bonchev–Trinajstić information content (AvgIpc) is 3.24. The second-order valence-corrected chi connectivity index (χ2v) is 12.0. The zero-order chi connectivity index (χ0) is 27.2. The maximum atomic E-state index is 13.2. The Balaban J connectivity index is 1.27. The van der Waals surface area contributed by atoms with E-state index >= 15 is 0 Å². The van der Waals surface area contributed by atoms with Crippen LogP contribution in [0.2, 0.25) is 5.02 Å². The number of ether oxygens (including phenoxy) is 3. The van der Waals surface area contributed by atoms with Gasteiger partial charge in [0.15, 0.2) is 11.5 Å². The first-order valence-electron chi connectivity index (χ1n) is 13.2. The SMILES string of the molecule is CO[C@H]1C[C@@H](N2CCC([C@]3(C)Oc4c(Cl)cc(C(=O)NCc5c(SC)cc(C)[nH]c5=O)c(C)c4O3)CC2)C1. The van der Waals surface area contributed by atoms with Gasteiger partial charge in [0.2, 0.25) is 0 Å². The molecule has 206 valence electrons. The molecule has 0 radical (unpaired) electrons. The fourth-order valence-corrected chi connectivity index (χ4v) is 6.80. The number of halogens is 1. The molecule has 1 aromatic carbocycles. The molecule has 0 bridgehead atoms. The molecule has 2 aliphatic heterocycles. The van der Waals surface area contributed by atoms with Crippen molar-refractivity contribution in [3.8, 4) is 11.5 Å². The number of rotatable bonds is 7. The lowest BCUT2D eigenvalue weighted by atomic mass is 9.83. The molecule has 38 heavy (non-hydrogen) atoms. The van der Waals surface area contributed by atoms with Gasteiger partial charge in [-0.2, -0.15) is 0 Å². The van der Waals surface area contributed by atoms with Crippen LogP contribution in [-0.2, 0) is 11.3 Å². The van der Waals surface area contributed by atoms with Crippen LogP contribution in [0.15, 0.2) is 21.8 Å². The maximum absolute atomic E-state index is 13.2. The van der Waals surface area contributed by atoms with Crippen molar-refractivity contribution in [1.29, 1.82) is 0 Å². The second-order valence-electron chi connectivity index (χ2n) is 10.7. The number of pyridine rings is 1. The predicted octanol–water partition coefficient (Wildman–Crippen LogP) is 4.67. The van der Waals surface area contributed by atoms with E-state index in [0.29, 0.717) is 45.4 Å². The number of fused-ring (bicyclic) bond motifs is 1. The highest BCUT2D eigenvalue weighted by Gasteiger charge is 2.48. The van der Waals surface area contributed by atoms with Gasteiger partial charge in [-0.1, -0.05) is 11.6 Å². The molecule has 10 heteroatoms. The topological polar surface area (TPSA) is 92.9 Å². The fourth-order valence-electron chi connectivity index (χ4n) is 5.87. The van der Waals surface area contributed by atoms with Crippen LogP contribution in [0.25, 0.3) is 0 Å². The summed E-state index contributed by atoms with van der Waals surface area (Å²) in [5.41, 5.74) is 2.19. The summed E-state index contributed by atoms with van der Waals surface area (Å²) in [7, 11) is 1.79. The van der Waals surface area contributed by atoms with Crippen molar-refractivity contribution in [3.05, 3.63) is 49.9 Å². The van der Waals surface area contributed by atoms with Crippen LogP contribution in [0, 0.1) is 19.8 Å². The average molecular weight is 562 g/mol. The highest BCUT2D eigenvalue weighted by Crippen LogP contribution is 2.51. The van der Waals surface area contributed by atoms with Crippen molar-refractivity contribution in [2.45, 2.75) is 75.8 Å². The molecule has 1 aliphatic carbocycles. The molecule has 1 saturated carbocycles. The quantitative estimate of drug-likeness (QED) is 0.474. The second kappa shape index (κ2) is 10.8. The molecule has 1 atom stereocenters. The molecular formula is C28H36ClN3O5S. The Hall–Kier alpha value is -2.20. The number of benzene rings is 1. The third-order valence-corrected chi connectivity index (χ3v) is 9.44. The lowest BCUT2D eigenvalue weighted by molar-refractivity contribution is -0.131. The smallest absolute Gasteiger partial charge is 0.254 e. The Morgan fingerprint density at radius 2 is 1.92 bits per heavy atom. The van der Waals surface area contributed by atoms with Gasteiger partial charge in [0.25, 0.3) is 17.3 Å². The largest absolute Gasteiger partial charge is 0.448 e. The number of hydrogen-bond acceptors (Lipinski definition) is 7. The molecule has 2 N–H and O–H groups in total. The Labute approximate surface area is 232 Å². The van der Waals surface area contributed by atoms with Crippen molar-refractivity contribution in [2.24, 2.45) is 5.92 Å².